The molecule has 0 aliphatic heterocycles. The zero-order valence-corrected chi connectivity index (χ0v) is 9.25. The molecule has 1 N–H and O–H groups in total. The Morgan fingerprint density at radius 2 is 1.32 bits per heavy atom. The third kappa shape index (κ3) is 3.65. The minimum absolute atomic E-state index is 0.927. The van der Waals surface area contributed by atoms with Gasteiger partial charge in [0, 0.05) is 0 Å². The number of halogens is 9. The van der Waals surface area contributed by atoms with Crippen LogP contribution in [0.25, 0.3) is 0 Å². The van der Waals surface area contributed by atoms with Crippen molar-refractivity contribution in [3.05, 3.63) is 0 Å². The predicted octanol–water partition coefficient (Wildman–Crippen LogP) is 2.85. The summed E-state index contributed by atoms with van der Waals surface area (Å²) >= 11 is 0. The predicted molar refractivity (Wildman–Crippen MR) is 43.4 cm³/mol. The number of hydrogen-bond donors (Lipinski definition) is 1. The number of ether oxygens (including phenoxy) is 1. The number of alkyl halides is 9. The van der Waals surface area contributed by atoms with Gasteiger partial charge >= 0.3 is 23.9 Å². The van der Waals surface area contributed by atoms with E-state index < -0.39 is 43.3 Å². The van der Waals surface area contributed by atoms with Crippen molar-refractivity contribution >= 4 is 0 Å². The van der Waals surface area contributed by atoms with Crippen LogP contribution in [-0.4, -0.2) is 48.4 Å². The van der Waals surface area contributed by atoms with Crippen LogP contribution in [-0.2, 0) is 4.74 Å². The molecule has 0 bridgehead atoms. The van der Waals surface area contributed by atoms with E-state index in [-0.39, 0.29) is 0 Å². The normalized spacial score (nSPS) is 16.6. The topological polar surface area (TPSA) is 29.5 Å². The van der Waals surface area contributed by atoms with Crippen molar-refractivity contribution in [2.24, 2.45) is 0 Å². The van der Waals surface area contributed by atoms with E-state index >= 15 is 0 Å². The van der Waals surface area contributed by atoms with Crippen LogP contribution in [0.15, 0.2) is 0 Å². The van der Waals surface area contributed by atoms with Crippen molar-refractivity contribution < 1.29 is 49.4 Å². The second kappa shape index (κ2) is 5.35. The van der Waals surface area contributed by atoms with E-state index in [0.29, 0.717) is 0 Å². The maximum atomic E-state index is 12.7. The maximum absolute atomic E-state index is 12.7. The van der Waals surface area contributed by atoms with Gasteiger partial charge in [0.25, 0.3) is 0 Å². The highest BCUT2D eigenvalue weighted by Crippen LogP contribution is 2.52. The Labute approximate surface area is 101 Å². The Morgan fingerprint density at radius 1 is 0.895 bits per heavy atom. The Morgan fingerprint density at radius 3 is 1.63 bits per heavy atom. The van der Waals surface area contributed by atoms with Crippen molar-refractivity contribution in [2.75, 3.05) is 13.2 Å². The Bertz CT molecular complexity index is 297. The molecular formula is C8H9F9O2. The lowest BCUT2D eigenvalue weighted by Crippen LogP contribution is -2.62. The molecule has 0 saturated carbocycles. The van der Waals surface area contributed by atoms with E-state index in [0.717, 1.165) is 6.92 Å². The van der Waals surface area contributed by atoms with E-state index in [2.05, 4.69) is 4.74 Å². The van der Waals surface area contributed by atoms with Crippen LogP contribution < -0.4 is 0 Å². The van der Waals surface area contributed by atoms with Crippen LogP contribution in [0.1, 0.15) is 6.92 Å². The zero-order chi connectivity index (χ0) is 15.7. The quantitative estimate of drug-likeness (QED) is 0.765. The number of aliphatic hydroxyl groups is 1. The summed E-state index contributed by atoms with van der Waals surface area (Å²) in [5, 5.41) is 8.56. The average Bonchev–Trinajstić information content (AvgIpc) is 2.14. The van der Waals surface area contributed by atoms with Crippen LogP contribution in [0, 0.1) is 0 Å². The summed E-state index contributed by atoms with van der Waals surface area (Å²) < 4.78 is 114. The van der Waals surface area contributed by atoms with Gasteiger partial charge in [0.2, 0.25) is 0 Å². The van der Waals surface area contributed by atoms with Gasteiger partial charge in [-0.15, -0.1) is 0 Å². The molecule has 0 aromatic carbocycles. The molecule has 0 fully saturated rings. The molecule has 0 aliphatic rings. The third-order valence-electron chi connectivity index (χ3n) is 1.85. The molecule has 2 nitrogen and oxygen atoms in total. The molecule has 0 radical (unpaired) electrons. The highest BCUT2D eigenvalue weighted by molar-refractivity contribution is 5.00. The molecule has 11 heteroatoms. The molecule has 0 rings (SSSR count). The lowest BCUT2D eigenvalue weighted by molar-refractivity contribution is -0.400. The summed E-state index contributed by atoms with van der Waals surface area (Å²) in [4.78, 5) is 0. The van der Waals surface area contributed by atoms with Crippen molar-refractivity contribution in [2.45, 2.75) is 37.0 Å². The van der Waals surface area contributed by atoms with Gasteiger partial charge in [-0.1, -0.05) is 0 Å². The Balaban J connectivity index is 5.06. The van der Waals surface area contributed by atoms with Gasteiger partial charge in [-0.05, 0) is 6.92 Å². The lowest BCUT2D eigenvalue weighted by Gasteiger charge is -2.33. The van der Waals surface area contributed by atoms with Gasteiger partial charge in [-0.2, -0.15) is 39.5 Å². The molecule has 0 aromatic rings. The summed E-state index contributed by atoms with van der Waals surface area (Å²) in [6, 6.07) is 0. The minimum Gasteiger partial charge on any atom is -0.391 e. The first-order chi connectivity index (χ1) is 8.17. The smallest absolute Gasteiger partial charge is 0.391 e. The summed E-state index contributed by atoms with van der Waals surface area (Å²) in [6.45, 7) is -2.32. The van der Waals surface area contributed by atoms with Crippen molar-refractivity contribution in [3.63, 3.8) is 0 Å². The summed E-state index contributed by atoms with van der Waals surface area (Å²) in [5.41, 5.74) is 0. The SMILES string of the molecule is CC(O)COCC(F)(F)C(F)(F)C(F)(F)C(F)(F)F. The zero-order valence-electron chi connectivity index (χ0n) is 9.25. The lowest BCUT2D eigenvalue weighted by atomic mass is 10.0. The van der Waals surface area contributed by atoms with Crippen LogP contribution in [0.3, 0.4) is 0 Å². The number of aliphatic hydroxyl groups excluding tert-OH is 1. The summed E-state index contributed by atoms with van der Waals surface area (Å²) in [7, 11) is 0. The molecule has 0 amide bonds. The first kappa shape index (κ1) is 18.3. The standard InChI is InChI=1S/C8H9F9O2/c1-4(18)2-19-3-5(9,10)6(11,12)7(13,14)8(15,16)17/h4,18H,2-3H2,1H3. The van der Waals surface area contributed by atoms with Crippen LogP contribution in [0.5, 0.6) is 0 Å². The molecule has 0 aliphatic carbocycles. The molecular weight excluding hydrogens is 299 g/mol. The van der Waals surface area contributed by atoms with Gasteiger partial charge < -0.3 is 9.84 Å². The minimum atomic E-state index is -6.92. The first-order valence-corrected chi connectivity index (χ1v) is 4.63. The van der Waals surface area contributed by atoms with E-state index in [1.54, 1.807) is 0 Å². The average molecular weight is 308 g/mol. The van der Waals surface area contributed by atoms with E-state index in [4.69, 9.17) is 5.11 Å². The fourth-order valence-electron chi connectivity index (χ4n) is 0.856. The molecule has 19 heavy (non-hydrogen) atoms. The largest absolute Gasteiger partial charge is 0.460 e. The monoisotopic (exact) mass is 308 g/mol. The second-order valence-electron chi connectivity index (χ2n) is 3.72. The van der Waals surface area contributed by atoms with E-state index in [9.17, 15) is 39.5 Å². The molecule has 1 atom stereocenters. The number of rotatable bonds is 6. The van der Waals surface area contributed by atoms with Crippen LogP contribution in [0.2, 0.25) is 0 Å². The van der Waals surface area contributed by atoms with Gasteiger partial charge in [0.05, 0.1) is 12.7 Å². The van der Waals surface area contributed by atoms with Crippen molar-refractivity contribution in [1.82, 2.24) is 0 Å². The summed E-state index contributed by atoms with van der Waals surface area (Å²) in [5.74, 6) is -19.4. The summed E-state index contributed by atoms with van der Waals surface area (Å²) in [6.07, 6.45) is -8.22. The van der Waals surface area contributed by atoms with Crippen molar-refractivity contribution in [3.8, 4) is 0 Å². The van der Waals surface area contributed by atoms with Gasteiger partial charge in [-0.3, -0.25) is 0 Å². The van der Waals surface area contributed by atoms with E-state index in [1.165, 1.54) is 0 Å². The fraction of sp³-hybridized carbons (Fsp3) is 1.00. The van der Waals surface area contributed by atoms with Gasteiger partial charge in [-0.25, -0.2) is 0 Å². The van der Waals surface area contributed by atoms with Crippen LogP contribution in [0.4, 0.5) is 39.5 Å². The van der Waals surface area contributed by atoms with E-state index in [1.807, 2.05) is 0 Å². The maximum Gasteiger partial charge on any atom is 0.460 e. The number of hydrogen-bond acceptors (Lipinski definition) is 2. The Hall–Kier alpha value is -0.710. The second-order valence-corrected chi connectivity index (χ2v) is 3.72. The highest BCUT2D eigenvalue weighted by atomic mass is 19.4. The molecule has 0 spiro atoms. The highest BCUT2D eigenvalue weighted by Gasteiger charge is 2.81. The molecule has 0 saturated heterocycles. The Kier molecular flexibility index (Phi) is 5.15. The van der Waals surface area contributed by atoms with Crippen molar-refractivity contribution in [1.29, 1.82) is 0 Å². The van der Waals surface area contributed by atoms with Gasteiger partial charge in [0.1, 0.15) is 6.61 Å². The first-order valence-electron chi connectivity index (χ1n) is 4.63. The third-order valence-corrected chi connectivity index (χ3v) is 1.85. The molecule has 116 valence electrons. The molecule has 0 aromatic heterocycles. The molecule has 0 heterocycles. The van der Waals surface area contributed by atoms with Gasteiger partial charge in [0.15, 0.2) is 0 Å². The van der Waals surface area contributed by atoms with Crippen LogP contribution >= 0.6 is 0 Å². The molecule has 1 unspecified atom stereocenters. The fourth-order valence-corrected chi connectivity index (χ4v) is 0.856.